The minimum absolute atomic E-state index is 0.631. The first kappa shape index (κ1) is 27.0. The zero-order chi connectivity index (χ0) is 24.4. The van der Waals surface area contributed by atoms with Crippen LogP contribution in [0.5, 0.6) is 0 Å². The van der Waals surface area contributed by atoms with Crippen LogP contribution < -0.4 is 10.4 Å². The maximum Gasteiger partial charge on any atom is 0.0970 e. The summed E-state index contributed by atoms with van der Waals surface area (Å²) in [4.78, 5) is 9.94. The van der Waals surface area contributed by atoms with Crippen molar-refractivity contribution in [3.8, 4) is 11.4 Å². The first-order valence-electron chi connectivity index (χ1n) is 12.8. The average Bonchev–Trinajstić information content (AvgIpc) is 2.68. The summed E-state index contributed by atoms with van der Waals surface area (Å²) in [6.07, 6.45) is 4.02. The Hall–Kier alpha value is -1.27. The molecule has 178 valence electrons. The molecule has 0 aliphatic heterocycles. The lowest BCUT2D eigenvalue weighted by Crippen LogP contribution is -2.69. The fourth-order valence-corrected chi connectivity index (χ4v) is 22.7. The molecule has 0 bridgehead atoms. The van der Waals surface area contributed by atoms with Crippen molar-refractivity contribution in [2.45, 2.75) is 116 Å². The molecule has 2 rings (SSSR count). The Bertz CT molecular complexity index is 827. The molecule has 2 aromatic heterocycles. The van der Waals surface area contributed by atoms with E-state index in [1.807, 2.05) is 12.3 Å². The number of hydrogen-bond donors (Lipinski definition) is 0. The molecule has 2 aromatic rings. The highest BCUT2D eigenvalue weighted by atomic mass is 28.3. The Morgan fingerprint density at radius 3 is 1.38 bits per heavy atom. The predicted molar refractivity (Wildman–Crippen MR) is 149 cm³/mol. The van der Waals surface area contributed by atoms with Crippen molar-refractivity contribution < 1.29 is 0 Å². The van der Waals surface area contributed by atoms with Crippen molar-refractivity contribution >= 4 is 26.5 Å². The summed E-state index contributed by atoms with van der Waals surface area (Å²) in [5.41, 5.74) is 6.10. The third kappa shape index (κ3) is 4.18. The molecule has 32 heavy (non-hydrogen) atoms. The maximum absolute atomic E-state index is 5.11. The largest absolute Gasteiger partial charge is 0.255 e. The van der Waals surface area contributed by atoms with Crippen LogP contribution in [0.15, 0.2) is 36.7 Å². The van der Waals surface area contributed by atoms with E-state index in [0.717, 1.165) is 5.69 Å². The van der Waals surface area contributed by atoms with Crippen LogP contribution in [-0.4, -0.2) is 26.1 Å². The van der Waals surface area contributed by atoms with Crippen molar-refractivity contribution in [1.82, 2.24) is 9.97 Å². The molecular weight excluding hydrogens is 420 g/mol. The van der Waals surface area contributed by atoms with Gasteiger partial charge in [-0.2, -0.15) is 0 Å². The zero-order valence-electron chi connectivity index (χ0n) is 22.8. The Balaban J connectivity index is 3.20. The molecule has 0 aliphatic carbocycles. The van der Waals surface area contributed by atoms with E-state index in [-0.39, 0.29) is 0 Å². The fraction of sp³-hybridized carbons (Fsp3) is 0.643. The van der Waals surface area contributed by atoms with Crippen LogP contribution in [0.3, 0.4) is 0 Å². The molecule has 2 heterocycles. The van der Waals surface area contributed by atoms with Crippen LogP contribution in [0.25, 0.3) is 11.4 Å². The van der Waals surface area contributed by atoms with Crippen molar-refractivity contribution in [3.05, 3.63) is 36.7 Å². The molecule has 0 fully saturated rings. The Kier molecular flexibility index (Phi) is 8.72. The lowest BCUT2D eigenvalue weighted by atomic mass is 10.2. The Morgan fingerprint density at radius 2 is 1.00 bits per heavy atom. The Morgan fingerprint density at radius 1 is 0.531 bits per heavy atom. The second-order valence-electron chi connectivity index (χ2n) is 11.6. The van der Waals surface area contributed by atoms with Gasteiger partial charge in [0.2, 0.25) is 0 Å². The minimum atomic E-state index is -1.99. The van der Waals surface area contributed by atoms with E-state index in [4.69, 9.17) is 9.97 Å². The van der Waals surface area contributed by atoms with Crippen LogP contribution in [0.2, 0.25) is 33.2 Å². The third-order valence-electron chi connectivity index (χ3n) is 8.49. The molecule has 0 radical (unpaired) electrons. The monoisotopic (exact) mass is 468 g/mol. The van der Waals surface area contributed by atoms with Crippen LogP contribution in [0, 0.1) is 0 Å². The fourth-order valence-electron chi connectivity index (χ4n) is 7.76. The molecule has 0 spiro atoms. The molecule has 2 nitrogen and oxygen atoms in total. The zero-order valence-corrected chi connectivity index (χ0v) is 24.8. The molecule has 0 saturated carbocycles. The molecule has 0 aromatic carbocycles. The molecule has 0 N–H and O–H groups in total. The molecule has 0 amide bonds. The summed E-state index contributed by atoms with van der Waals surface area (Å²) in [5.74, 6) is 0. The van der Waals surface area contributed by atoms with E-state index >= 15 is 0 Å². The molecular formula is C28H48N2Si2. The number of hydrogen-bond acceptors (Lipinski definition) is 2. The van der Waals surface area contributed by atoms with E-state index in [1.54, 1.807) is 10.4 Å². The molecule has 0 unspecified atom stereocenters. The number of nitrogens with zero attached hydrogens (tertiary/aromatic N) is 2. The van der Waals surface area contributed by atoms with Crippen molar-refractivity contribution in [1.29, 1.82) is 0 Å². The normalized spacial score (nSPS) is 13.4. The number of aromatic nitrogens is 2. The second kappa shape index (κ2) is 10.3. The van der Waals surface area contributed by atoms with Gasteiger partial charge < -0.3 is 0 Å². The molecule has 0 aliphatic rings. The Labute approximate surface area is 200 Å². The quantitative estimate of drug-likeness (QED) is 0.349. The van der Waals surface area contributed by atoms with Crippen molar-refractivity contribution in [3.63, 3.8) is 0 Å². The lowest BCUT2D eigenvalue weighted by molar-refractivity contribution is 0.826. The van der Waals surface area contributed by atoms with Crippen LogP contribution in [0.4, 0.5) is 0 Å². The minimum Gasteiger partial charge on any atom is -0.255 e. The van der Waals surface area contributed by atoms with Crippen LogP contribution in [-0.2, 0) is 0 Å². The number of rotatable bonds is 9. The van der Waals surface area contributed by atoms with Crippen molar-refractivity contribution in [2.24, 2.45) is 0 Å². The van der Waals surface area contributed by atoms with Gasteiger partial charge in [0.15, 0.2) is 0 Å². The molecule has 4 heteroatoms. The van der Waals surface area contributed by atoms with Gasteiger partial charge >= 0.3 is 0 Å². The summed E-state index contributed by atoms with van der Waals surface area (Å²) < 4.78 is 0. The van der Waals surface area contributed by atoms with E-state index in [0.29, 0.717) is 33.2 Å². The van der Waals surface area contributed by atoms with E-state index in [1.165, 1.54) is 5.69 Å². The number of pyridine rings is 2. The van der Waals surface area contributed by atoms with Gasteiger partial charge in [0.25, 0.3) is 0 Å². The van der Waals surface area contributed by atoms with Crippen molar-refractivity contribution in [2.75, 3.05) is 0 Å². The first-order chi connectivity index (χ1) is 14.9. The predicted octanol–water partition coefficient (Wildman–Crippen LogP) is 7.92. The lowest BCUT2D eigenvalue weighted by Gasteiger charge is -2.51. The van der Waals surface area contributed by atoms with Gasteiger partial charge in [-0.05, 0) is 56.6 Å². The highest BCUT2D eigenvalue weighted by molar-refractivity contribution is 7.04. The summed E-state index contributed by atoms with van der Waals surface area (Å²) in [6, 6.07) is 8.74. The average molecular weight is 469 g/mol. The van der Waals surface area contributed by atoms with Gasteiger partial charge in [0.05, 0.1) is 27.5 Å². The van der Waals surface area contributed by atoms with Gasteiger partial charge in [-0.3, -0.25) is 9.97 Å². The van der Waals surface area contributed by atoms with Gasteiger partial charge in [0.1, 0.15) is 0 Å². The highest BCUT2D eigenvalue weighted by Gasteiger charge is 2.53. The SMILES string of the molecule is CC(C)[Si](c1ccnc(-c2ccccn2)c1[Si](C(C)C)(C(C)C)C(C)C)(C(C)C)C(C)C. The van der Waals surface area contributed by atoms with E-state index < -0.39 is 16.1 Å². The summed E-state index contributed by atoms with van der Waals surface area (Å²) in [5, 5.41) is 3.33. The van der Waals surface area contributed by atoms with Crippen LogP contribution in [0.1, 0.15) is 83.1 Å². The summed E-state index contributed by atoms with van der Waals surface area (Å²) >= 11 is 0. The highest BCUT2D eigenvalue weighted by Crippen LogP contribution is 2.46. The standard InChI is InChI=1S/C28H48N2Si2/c1-19(2)31(20(3)4,21(5)6)26-16-18-30-27(25-15-13-14-17-29-25)28(26)32(22(7)8,23(9)10)24(11)12/h13-24H,1-12H3. The van der Waals surface area contributed by atoms with Gasteiger partial charge in [-0.1, -0.05) is 94.3 Å². The summed E-state index contributed by atoms with van der Waals surface area (Å²) in [7, 11) is -3.88. The second-order valence-corrected chi connectivity index (χ2v) is 23.3. The maximum atomic E-state index is 5.11. The van der Waals surface area contributed by atoms with E-state index in [2.05, 4.69) is 107 Å². The topological polar surface area (TPSA) is 25.8 Å². The molecule has 0 saturated heterocycles. The summed E-state index contributed by atoms with van der Waals surface area (Å²) in [6.45, 7) is 29.8. The smallest absolute Gasteiger partial charge is 0.0970 e. The third-order valence-corrected chi connectivity index (χ3v) is 22.9. The van der Waals surface area contributed by atoms with Gasteiger partial charge in [-0.15, -0.1) is 0 Å². The molecule has 0 atom stereocenters. The first-order valence-corrected chi connectivity index (χ1v) is 17.2. The van der Waals surface area contributed by atoms with Crippen LogP contribution >= 0.6 is 0 Å². The van der Waals surface area contributed by atoms with Gasteiger partial charge in [-0.25, -0.2) is 0 Å². The van der Waals surface area contributed by atoms with Gasteiger partial charge in [0, 0.05) is 12.4 Å². The van der Waals surface area contributed by atoms with E-state index in [9.17, 15) is 0 Å².